The Bertz CT molecular complexity index is 1480. The third kappa shape index (κ3) is 9.98. The van der Waals surface area contributed by atoms with Crippen molar-refractivity contribution >= 4 is 37.2 Å². The predicted octanol–water partition coefficient (Wildman–Crippen LogP) is 5.50. The number of nitrogens with one attached hydrogen (secondary N) is 1. The topological polar surface area (TPSA) is 161 Å². The quantitative estimate of drug-likeness (QED) is 0.275. The van der Waals surface area contributed by atoms with Crippen LogP contribution in [0.4, 0.5) is 5.69 Å². The first-order valence-electron chi connectivity index (χ1n) is 12.9. The van der Waals surface area contributed by atoms with Gasteiger partial charge in [0.15, 0.2) is 25.4 Å². The molecule has 12 heteroatoms. The van der Waals surface area contributed by atoms with Gasteiger partial charge in [-0.25, -0.2) is 21.6 Å². The van der Waals surface area contributed by atoms with Crippen molar-refractivity contribution in [2.75, 3.05) is 5.32 Å². The fourth-order valence-corrected chi connectivity index (χ4v) is 4.98. The number of benzene rings is 1. The minimum absolute atomic E-state index is 0.101. The molecular formula is C28H37NO9S2. The van der Waals surface area contributed by atoms with Crippen LogP contribution in [0.1, 0.15) is 85.7 Å². The first kappa shape index (κ1) is 32.8. The number of aryl methyl sites for hydroxylation is 1. The number of carboxylic acids is 1. The number of aromatic carboxylic acids is 1. The van der Waals surface area contributed by atoms with Gasteiger partial charge in [-0.1, -0.05) is 25.5 Å². The van der Waals surface area contributed by atoms with E-state index in [0.717, 1.165) is 19.3 Å². The summed E-state index contributed by atoms with van der Waals surface area (Å²) in [5.74, 6) is -1.79. The second kappa shape index (κ2) is 14.3. The highest BCUT2D eigenvalue weighted by molar-refractivity contribution is 7.91. The summed E-state index contributed by atoms with van der Waals surface area (Å²) in [6, 6.07) is 13.3. The van der Waals surface area contributed by atoms with Crippen LogP contribution in [0.15, 0.2) is 57.4 Å². The number of rotatable bonds is 12. The molecule has 3 rings (SSSR count). The third-order valence-electron chi connectivity index (χ3n) is 5.91. The molecule has 3 aromatic rings. The lowest BCUT2D eigenvalue weighted by atomic mass is 10.1. The SMILES string of the molecule is CC(C)S(=O)(=O)Cc1ccc(C(=O)O)o1.CCCCc1ccc(NC(=O)c2ccc(CS(=O)(=O)C(C)C)o2)cc1. The molecule has 0 fully saturated rings. The summed E-state index contributed by atoms with van der Waals surface area (Å²) in [6.07, 6.45) is 3.31. The van der Waals surface area contributed by atoms with E-state index in [-0.39, 0.29) is 34.5 Å². The van der Waals surface area contributed by atoms with Crippen LogP contribution < -0.4 is 5.32 Å². The first-order chi connectivity index (χ1) is 18.6. The molecule has 0 saturated heterocycles. The van der Waals surface area contributed by atoms with Crippen molar-refractivity contribution in [3.63, 3.8) is 0 Å². The molecule has 0 aliphatic carbocycles. The minimum atomic E-state index is -3.26. The minimum Gasteiger partial charge on any atom is -0.475 e. The first-order valence-corrected chi connectivity index (χ1v) is 16.3. The molecule has 0 unspecified atom stereocenters. The van der Waals surface area contributed by atoms with E-state index in [9.17, 15) is 26.4 Å². The number of carbonyl (C=O) groups is 2. The molecule has 0 spiro atoms. The van der Waals surface area contributed by atoms with Crippen molar-refractivity contribution in [2.24, 2.45) is 0 Å². The van der Waals surface area contributed by atoms with Crippen LogP contribution in [-0.2, 0) is 37.6 Å². The summed E-state index contributed by atoms with van der Waals surface area (Å²) >= 11 is 0. The summed E-state index contributed by atoms with van der Waals surface area (Å²) in [4.78, 5) is 22.7. The van der Waals surface area contributed by atoms with Gasteiger partial charge >= 0.3 is 5.97 Å². The average molecular weight is 596 g/mol. The van der Waals surface area contributed by atoms with Crippen molar-refractivity contribution in [3.8, 4) is 0 Å². The number of sulfone groups is 2. The van der Waals surface area contributed by atoms with Crippen molar-refractivity contribution in [2.45, 2.75) is 75.9 Å². The zero-order valence-corrected chi connectivity index (χ0v) is 25.0. The Kier molecular flexibility index (Phi) is 11.7. The number of unbranched alkanes of at least 4 members (excludes halogenated alkanes) is 1. The molecule has 1 aromatic carbocycles. The highest BCUT2D eigenvalue weighted by Gasteiger charge is 2.21. The maximum atomic E-state index is 12.2. The number of furan rings is 2. The normalized spacial score (nSPS) is 11.8. The monoisotopic (exact) mass is 595 g/mol. The van der Waals surface area contributed by atoms with E-state index in [4.69, 9.17) is 13.9 Å². The summed E-state index contributed by atoms with van der Waals surface area (Å²) in [7, 11) is -6.51. The Labute approximate surface area is 235 Å². The molecule has 0 aliphatic rings. The maximum Gasteiger partial charge on any atom is 0.371 e. The number of amides is 1. The van der Waals surface area contributed by atoms with Gasteiger partial charge in [-0.3, -0.25) is 4.79 Å². The van der Waals surface area contributed by atoms with E-state index in [2.05, 4.69) is 12.2 Å². The van der Waals surface area contributed by atoms with Gasteiger partial charge in [0, 0.05) is 5.69 Å². The van der Waals surface area contributed by atoms with Gasteiger partial charge in [0.25, 0.3) is 5.91 Å². The number of hydrogen-bond donors (Lipinski definition) is 2. The number of hydrogen-bond acceptors (Lipinski definition) is 8. The van der Waals surface area contributed by atoms with E-state index >= 15 is 0 Å². The van der Waals surface area contributed by atoms with E-state index in [0.29, 0.717) is 5.69 Å². The molecule has 0 atom stereocenters. The lowest BCUT2D eigenvalue weighted by Gasteiger charge is -2.06. The number of anilines is 1. The van der Waals surface area contributed by atoms with Crippen molar-refractivity contribution in [1.82, 2.24) is 0 Å². The Morgan fingerprint density at radius 2 is 1.25 bits per heavy atom. The Hall–Kier alpha value is -3.38. The zero-order chi connectivity index (χ0) is 30.1. The van der Waals surface area contributed by atoms with Gasteiger partial charge in [0.1, 0.15) is 23.0 Å². The van der Waals surface area contributed by atoms with E-state index in [1.165, 1.54) is 29.8 Å². The zero-order valence-electron chi connectivity index (χ0n) is 23.3. The maximum absolute atomic E-state index is 12.2. The third-order valence-corrected chi connectivity index (χ3v) is 10.2. The average Bonchev–Trinajstić information content (AvgIpc) is 3.53. The van der Waals surface area contributed by atoms with Gasteiger partial charge in [0.05, 0.1) is 10.5 Å². The Morgan fingerprint density at radius 3 is 1.68 bits per heavy atom. The molecule has 0 aliphatic heterocycles. The smallest absolute Gasteiger partial charge is 0.371 e. The number of carboxylic acid groups (broad SMARTS) is 1. The van der Waals surface area contributed by atoms with Crippen LogP contribution >= 0.6 is 0 Å². The van der Waals surface area contributed by atoms with E-state index in [1.807, 2.05) is 24.3 Å². The lowest BCUT2D eigenvalue weighted by Crippen LogP contribution is -2.15. The van der Waals surface area contributed by atoms with Crippen LogP contribution in [0.3, 0.4) is 0 Å². The Morgan fingerprint density at radius 1 is 0.775 bits per heavy atom. The number of carbonyl (C=O) groups excluding carboxylic acids is 1. The standard InChI is InChI=1S/C19H25NO4S.C9H12O5S/c1-4-5-6-15-7-9-16(10-8-15)20-19(21)18-12-11-17(24-18)13-25(22,23)14(2)3;1-6(2)15(12,13)5-7-3-4-8(14-7)9(10)11/h7-12,14H,4-6,13H2,1-3H3,(H,20,21);3-4,6H,5H2,1-2H3,(H,10,11). The van der Waals surface area contributed by atoms with Crippen LogP contribution in [0.25, 0.3) is 0 Å². The van der Waals surface area contributed by atoms with Crippen LogP contribution in [-0.4, -0.2) is 44.3 Å². The highest BCUT2D eigenvalue weighted by Crippen LogP contribution is 2.18. The fraction of sp³-hybridized carbons (Fsp3) is 0.429. The lowest BCUT2D eigenvalue weighted by molar-refractivity contribution is 0.0660. The molecule has 10 nitrogen and oxygen atoms in total. The van der Waals surface area contributed by atoms with Gasteiger partial charge in [-0.15, -0.1) is 0 Å². The second-order valence-corrected chi connectivity index (χ2v) is 14.9. The molecule has 2 aromatic heterocycles. The Balaban J connectivity index is 0.000000319. The molecule has 2 N–H and O–H groups in total. The fourth-order valence-electron chi connectivity index (χ4n) is 3.21. The van der Waals surface area contributed by atoms with Crippen LogP contribution in [0, 0.1) is 0 Å². The van der Waals surface area contributed by atoms with Crippen molar-refractivity contribution in [3.05, 3.63) is 77.1 Å². The van der Waals surface area contributed by atoms with Crippen molar-refractivity contribution in [1.29, 1.82) is 0 Å². The van der Waals surface area contributed by atoms with Gasteiger partial charge in [-0.2, -0.15) is 0 Å². The molecular weight excluding hydrogens is 558 g/mol. The molecule has 0 bridgehead atoms. The van der Waals surface area contributed by atoms with Gasteiger partial charge in [0.2, 0.25) is 5.76 Å². The molecule has 220 valence electrons. The van der Waals surface area contributed by atoms with Crippen LogP contribution in [0.2, 0.25) is 0 Å². The summed E-state index contributed by atoms with van der Waals surface area (Å²) in [5.41, 5.74) is 1.91. The molecule has 2 heterocycles. The summed E-state index contributed by atoms with van der Waals surface area (Å²) in [5, 5.41) is 10.3. The highest BCUT2D eigenvalue weighted by atomic mass is 32.2. The molecule has 0 radical (unpaired) electrons. The molecule has 1 amide bonds. The van der Waals surface area contributed by atoms with E-state index in [1.54, 1.807) is 27.7 Å². The predicted molar refractivity (Wildman–Crippen MR) is 153 cm³/mol. The summed E-state index contributed by atoms with van der Waals surface area (Å²) < 4.78 is 57.0. The second-order valence-electron chi connectivity index (χ2n) is 9.80. The molecule has 0 saturated carbocycles. The summed E-state index contributed by atoms with van der Waals surface area (Å²) in [6.45, 7) is 8.53. The largest absolute Gasteiger partial charge is 0.475 e. The van der Waals surface area contributed by atoms with Gasteiger partial charge < -0.3 is 19.3 Å². The van der Waals surface area contributed by atoms with Crippen LogP contribution in [0.5, 0.6) is 0 Å². The van der Waals surface area contributed by atoms with Crippen molar-refractivity contribution < 1.29 is 40.4 Å². The van der Waals surface area contributed by atoms with E-state index < -0.39 is 42.1 Å². The van der Waals surface area contributed by atoms with Gasteiger partial charge in [-0.05, 0) is 82.5 Å². The molecule has 40 heavy (non-hydrogen) atoms.